The van der Waals surface area contributed by atoms with Crippen molar-refractivity contribution >= 4 is 45.3 Å². The summed E-state index contributed by atoms with van der Waals surface area (Å²) in [6, 6.07) is 7.74. The molecule has 2 aromatic rings. The lowest BCUT2D eigenvalue weighted by Gasteiger charge is -2.18. The molecule has 0 fully saturated rings. The highest BCUT2D eigenvalue weighted by atomic mass is 32.2. The number of nitrogens with zero attached hydrogens (tertiary/aromatic N) is 2. The van der Waals surface area contributed by atoms with E-state index in [1.807, 2.05) is 41.2 Å². The Morgan fingerprint density at radius 1 is 1.16 bits per heavy atom. The number of carbonyl (C=O) groups excluding carboxylic acids is 2. The normalized spacial score (nSPS) is 15.7. The maximum absolute atomic E-state index is 12.3. The van der Waals surface area contributed by atoms with E-state index in [4.69, 9.17) is 4.74 Å². The van der Waals surface area contributed by atoms with Gasteiger partial charge in [-0.05, 0) is 30.5 Å². The maximum atomic E-state index is 12.3. The summed E-state index contributed by atoms with van der Waals surface area (Å²) in [6.07, 6.45) is 2.59. The second-order valence-corrected chi connectivity index (χ2v) is 6.11. The Labute approximate surface area is 148 Å². The van der Waals surface area contributed by atoms with Gasteiger partial charge in [-0.2, -0.15) is 0 Å². The van der Waals surface area contributed by atoms with Gasteiger partial charge in [0.25, 0.3) is 0 Å². The highest BCUT2D eigenvalue weighted by Gasteiger charge is 2.25. The SMILES string of the molecule is COC(=O)/C=C/C(C(=O)OC)=C1\SC=C(C)n2c1nc1ccccc12. The number of benzene rings is 1. The third-order valence-electron chi connectivity index (χ3n) is 3.70. The Kier molecular flexibility index (Phi) is 4.76. The van der Waals surface area contributed by atoms with E-state index >= 15 is 0 Å². The number of esters is 2. The Morgan fingerprint density at radius 2 is 1.92 bits per heavy atom. The summed E-state index contributed by atoms with van der Waals surface area (Å²) >= 11 is 1.37. The molecule has 2 heterocycles. The lowest BCUT2D eigenvalue weighted by atomic mass is 10.2. The van der Waals surface area contributed by atoms with E-state index in [0.717, 1.165) is 16.7 Å². The maximum Gasteiger partial charge on any atom is 0.339 e. The van der Waals surface area contributed by atoms with Crippen LogP contribution in [-0.2, 0) is 19.1 Å². The van der Waals surface area contributed by atoms with Crippen LogP contribution in [0, 0.1) is 0 Å². The number of fused-ring (bicyclic) bond motifs is 3. The van der Waals surface area contributed by atoms with Crippen molar-refractivity contribution in [1.29, 1.82) is 0 Å². The van der Waals surface area contributed by atoms with Gasteiger partial charge in [-0.3, -0.25) is 4.57 Å². The molecule has 0 N–H and O–H groups in total. The van der Waals surface area contributed by atoms with Crippen LogP contribution in [0.15, 0.2) is 47.4 Å². The molecule has 128 valence electrons. The van der Waals surface area contributed by atoms with Crippen molar-refractivity contribution in [1.82, 2.24) is 9.55 Å². The number of aromatic nitrogens is 2. The number of ether oxygens (including phenoxy) is 2. The molecule has 1 aliphatic heterocycles. The molecular weight excluding hydrogens is 340 g/mol. The van der Waals surface area contributed by atoms with Gasteiger partial charge in [0.05, 0.1) is 35.7 Å². The van der Waals surface area contributed by atoms with Crippen molar-refractivity contribution in [3.8, 4) is 0 Å². The number of allylic oxidation sites excluding steroid dienone is 1. The van der Waals surface area contributed by atoms with E-state index in [1.165, 1.54) is 38.1 Å². The minimum Gasteiger partial charge on any atom is -0.466 e. The number of hydrogen-bond acceptors (Lipinski definition) is 6. The van der Waals surface area contributed by atoms with Crippen LogP contribution in [0.25, 0.3) is 21.6 Å². The van der Waals surface area contributed by atoms with Crippen molar-refractivity contribution in [2.75, 3.05) is 14.2 Å². The smallest absolute Gasteiger partial charge is 0.339 e. The van der Waals surface area contributed by atoms with Crippen LogP contribution >= 0.6 is 11.8 Å². The number of thioether (sulfide) groups is 1. The number of imidazole rings is 1. The zero-order valence-corrected chi connectivity index (χ0v) is 14.8. The lowest BCUT2D eigenvalue weighted by Crippen LogP contribution is -2.10. The second-order valence-electron chi connectivity index (χ2n) is 5.23. The lowest BCUT2D eigenvalue weighted by molar-refractivity contribution is -0.135. The van der Waals surface area contributed by atoms with Crippen molar-refractivity contribution in [2.45, 2.75) is 6.92 Å². The monoisotopic (exact) mass is 356 g/mol. The molecule has 0 radical (unpaired) electrons. The third-order valence-corrected chi connectivity index (χ3v) is 4.80. The van der Waals surface area contributed by atoms with Gasteiger partial charge < -0.3 is 9.47 Å². The predicted molar refractivity (Wildman–Crippen MR) is 97.4 cm³/mol. The number of carbonyl (C=O) groups is 2. The zero-order valence-electron chi connectivity index (χ0n) is 14.0. The molecule has 7 heteroatoms. The predicted octanol–water partition coefficient (Wildman–Crippen LogP) is 3.21. The fourth-order valence-corrected chi connectivity index (χ4v) is 3.45. The largest absolute Gasteiger partial charge is 0.466 e. The first kappa shape index (κ1) is 17.0. The molecule has 3 rings (SSSR count). The molecule has 1 aromatic heterocycles. The van der Waals surface area contributed by atoms with Crippen molar-refractivity contribution in [3.63, 3.8) is 0 Å². The van der Waals surface area contributed by atoms with E-state index in [9.17, 15) is 9.59 Å². The molecule has 0 amide bonds. The first-order valence-corrected chi connectivity index (χ1v) is 8.35. The molecule has 0 atom stereocenters. The summed E-state index contributed by atoms with van der Waals surface area (Å²) in [5, 5.41) is 1.94. The molecule has 0 spiro atoms. The molecule has 0 aliphatic carbocycles. The molecule has 1 aromatic carbocycles. The van der Waals surface area contributed by atoms with Gasteiger partial charge in [0.1, 0.15) is 0 Å². The van der Waals surface area contributed by atoms with Crippen LogP contribution in [0.4, 0.5) is 0 Å². The standard InChI is InChI=1S/C18H16N2O4S/c1-11-10-25-16(12(18(22)24-3)8-9-15(21)23-2)17-19-13-6-4-5-7-14(13)20(11)17/h4-10H,1-3H3/b9-8+,16-12+. The van der Waals surface area contributed by atoms with Gasteiger partial charge in [-0.25, -0.2) is 14.6 Å². The van der Waals surface area contributed by atoms with Gasteiger partial charge in [-0.1, -0.05) is 23.9 Å². The Balaban J connectivity index is 2.24. The quantitative estimate of drug-likeness (QED) is 0.621. The first-order valence-electron chi connectivity index (χ1n) is 7.47. The highest BCUT2D eigenvalue weighted by molar-refractivity contribution is 8.11. The fourth-order valence-electron chi connectivity index (χ4n) is 2.53. The number of para-hydroxylation sites is 2. The van der Waals surface area contributed by atoms with E-state index in [0.29, 0.717) is 10.7 Å². The summed E-state index contributed by atoms with van der Waals surface area (Å²) in [4.78, 5) is 29.0. The van der Waals surface area contributed by atoms with Crippen LogP contribution in [0.5, 0.6) is 0 Å². The molecule has 0 saturated heterocycles. The topological polar surface area (TPSA) is 70.4 Å². The van der Waals surface area contributed by atoms with E-state index < -0.39 is 11.9 Å². The number of methoxy groups -OCH3 is 2. The Morgan fingerprint density at radius 3 is 2.64 bits per heavy atom. The summed E-state index contributed by atoms with van der Waals surface area (Å²) in [5.74, 6) is -0.460. The van der Waals surface area contributed by atoms with Crippen LogP contribution < -0.4 is 0 Å². The summed E-state index contributed by atoms with van der Waals surface area (Å²) in [7, 11) is 2.57. The number of hydrogen-bond donors (Lipinski definition) is 0. The van der Waals surface area contributed by atoms with Gasteiger partial charge in [0.15, 0.2) is 5.82 Å². The van der Waals surface area contributed by atoms with Crippen LogP contribution in [-0.4, -0.2) is 35.7 Å². The van der Waals surface area contributed by atoms with E-state index in [1.54, 1.807) is 0 Å². The van der Waals surface area contributed by atoms with E-state index in [2.05, 4.69) is 9.72 Å². The summed E-state index contributed by atoms with van der Waals surface area (Å²) in [6.45, 7) is 1.98. The second kappa shape index (κ2) is 6.98. The molecular formula is C18H16N2O4S. The highest BCUT2D eigenvalue weighted by Crippen LogP contribution is 2.40. The molecule has 0 bridgehead atoms. The number of rotatable bonds is 3. The van der Waals surface area contributed by atoms with Crippen molar-refractivity contribution < 1.29 is 19.1 Å². The van der Waals surface area contributed by atoms with Crippen LogP contribution in [0.1, 0.15) is 12.7 Å². The molecule has 0 unspecified atom stereocenters. The Bertz CT molecular complexity index is 953. The van der Waals surface area contributed by atoms with Gasteiger partial charge in [0, 0.05) is 11.8 Å². The zero-order chi connectivity index (χ0) is 18.0. The molecule has 6 nitrogen and oxygen atoms in total. The van der Waals surface area contributed by atoms with Crippen molar-refractivity contribution in [3.05, 3.63) is 53.2 Å². The minimum absolute atomic E-state index is 0.248. The summed E-state index contributed by atoms with van der Waals surface area (Å²) < 4.78 is 11.5. The van der Waals surface area contributed by atoms with Crippen LogP contribution in [0.2, 0.25) is 0 Å². The summed E-state index contributed by atoms with van der Waals surface area (Å²) in [5.41, 5.74) is 3.02. The fraction of sp³-hybridized carbons (Fsp3) is 0.167. The van der Waals surface area contributed by atoms with Gasteiger partial charge in [0.2, 0.25) is 0 Å². The minimum atomic E-state index is -0.553. The van der Waals surface area contributed by atoms with Crippen LogP contribution in [0.3, 0.4) is 0 Å². The molecule has 1 aliphatic rings. The first-order chi connectivity index (χ1) is 12.1. The van der Waals surface area contributed by atoms with E-state index in [-0.39, 0.29) is 5.57 Å². The van der Waals surface area contributed by atoms with Gasteiger partial charge in [-0.15, -0.1) is 0 Å². The third kappa shape index (κ3) is 3.10. The van der Waals surface area contributed by atoms with Crippen molar-refractivity contribution in [2.24, 2.45) is 0 Å². The average molecular weight is 356 g/mol. The molecule has 25 heavy (non-hydrogen) atoms. The molecule has 0 saturated carbocycles. The average Bonchev–Trinajstić information content (AvgIpc) is 3.03. The Hall–Kier alpha value is -2.80. The van der Waals surface area contributed by atoms with Gasteiger partial charge >= 0.3 is 11.9 Å².